The number of carbonyl (C=O) groups is 1. The molecule has 1 aromatic rings. The number of amides is 1. The van der Waals surface area contributed by atoms with E-state index in [-0.39, 0.29) is 35.5 Å². The van der Waals surface area contributed by atoms with Crippen LogP contribution >= 0.6 is 0 Å². The van der Waals surface area contributed by atoms with Gasteiger partial charge in [0.1, 0.15) is 5.69 Å². The number of benzene rings is 1. The fraction of sp³-hybridized carbons (Fsp3) is 0.533. The molecule has 5 N–H and O–H groups in total. The third kappa shape index (κ3) is 4.68. The Morgan fingerprint density at radius 2 is 2.15 bits per heavy atom. The summed E-state index contributed by atoms with van der Waals surface area (Å²) in [5.41, 5.74) is 5.37. The van der Waals surface area contributed by atoms with Gasteiger partial charge in [0.25, 0.3) is 5.69 Å². The number of carbonyl (C=O) groups excluding carboxylic acids is 1. The van der Waals surface area contributed by atoms with Crippen LogP contribution in [0.5, 0.6) is 0 Å². The number of nitrogens with two attached hydrogens (primary N) is 2. The number of nitrogens with one attached hydrogen (secondary N) is 1. The molecular weight excluding hydrogens is 362 g/mol. The van der Waals surface area contributed by atoms with Crippen LogP contribution in [0.4, 0.5) is 11.4 Å². The van der Waals surface area contributed by atoms with E-state index in [1.165, 1.54) is 12.1 Å². The normalized spacial score (nSPS) is 20.2. The molecule has 0 spiro atoms. The van der Waals surface area contributed by atoms with Crippen molar-refractivity contribution in [1.82, 2.24) is 4.90 Å². The minimum atomic E-state index is -4.04. The van der Waals surface area contributed by atoms with Gasteiger partial charge in [-0.15, -0.1) is 0 Å². The lowest BCUT2D eigenvalue weighted by Crippen LogP contribution is -2.35. The van der Waals surface area contributed by atoms with Gasteiger partial charge in [0.15, 0.2) is 0 Å². The summed E-state index contributed by atoms with van der Waals surface area (Å²) < 4.78 is 22.7. The maximum atomic E-state index is 12.3. The first-order valence-corrected chi connectivity index (χ1v) is 9.72. The van der Waals surface area contributed by atoms with Gasteiger partial charge >= 0.3 is 0 Å². The molecule has 1 aliphatic rings. The summed E-state index contributed by atoms with van der Waals surface area (Å²) in [6.07, 6.45) is 1.03. The third-order valence-corrected chi connectivity index (χ3v) is 5.37. The SMILES string of the molecule is CC1CC(CN)CN1C(=O)CCNc1ccc(S(N)(=O)=O)cc1[N+](=O)[O-]. The molecular formula is C15H23N5O5S. The van der Waals surface area contributed by atoms with E-state index in [1.54, 1.807) is 4.90 Å². The van der Waals surface area contributed by atoms with Gasteiger partial charge in [-0.05, 0) is 37.9 Å². The lowest BCUT2D eigenvalue weighted by Gasteiger charge is -2.21. The minimum Gasteiger partial charge on any atom is -0.379 e. The predicted molar refractivity (Wildman–Crippen MR) is 95.9 cm³/mol. The highest BCUT2D eigenvalue weighted by molar-refractivity contribution is 7.89. The van der Waals surface area contributed by atoms with E-state index in [9.17, 15) is 23.3 Å². The number of nitro groups is 1. The Balaban J connectivity index is 2.01. The first-order chi connectivity index (χ1) is 12.1. The number of rotatable bonds is 7. The molecule has 2 unspecified atom stereocenters. The summed E-state index contributed by atoms with van der Waals surface area (Å²) >= 11 is 0. The first-order valence-electron chi connectivity index (χ1n) is 8.18. The highest BCUT2D eigenvalue weighted by Gasteiger charge is 2.31. The van der Waals surface area contributed by atoms with Gasteiger partial charge < -0.3 is 16.0 Å². The summed E-state index contributed by atoms with van der Waals surface area (Å²) in [6, 6.07) is 3.47. The molecule has 144 valence electrons. The number of hydrogen-bond donors (Lipinski definition) is 3. The lowest BCUT2D eigenvalue weighted by atomic mass is 10.1. The molecule has 10 nitrogen and oxygen atoms in total. The second-order valence-electron chi connectivity index (χ2n) is 6.39. The zero-order valence-corrected chi connectivity index (χ0v) is 15.2. The molecule has 1 aliphatic heterocycles. The van der Waals surface area contributed by atoms with Crippen molar-refractivity contribution in [3.05, 3.63) is 28.3 Å². The molecule has 1 heterocycles. The van der Waals surface area contributed by atoms with Crippen LogP contribution in [0.2, 0.25) is 0 Å². The Kier molecular flexibility index (Phi) is 6.16. The Hall–Kier alpha value is -2.24. The third-order valence-electron chi connectivity index (χ3n) is 4.46. The van der Waals surface area contributed by atoms with Crippen molar-refractivity contribution in [2.24, 2.45) is 16.8 Å². The van der Waals surface area contributed by atoms with Crippen molar-refractivity contribution in [2.75, 3.05) is 25.0 Å². The van der Waals surface area contributed by atoms with Crippen molar-refractivity contribution >= 4 is 27.3 Å². The number of nitro benzene ring substituents is 1. The van der Waals surface area contributed by atoms with Crippen LogP contribution < -0.4 is 16.2 Å². The van der Waals surface area contributed by atoms with Gasteiger partial charge in [0.2, 0.25) is 15.9 Å². The van der Waals surface area contributed by atoms with Crippen molar-refractivity contribution in [3.63, 3.8) is 0 Å². The highest BCUT2D eigenvalue weighted by atomic mass is 32.2. The van der Waals surface area contributed by atoms with Crippen LogP contribution in [-0.4, -0.2) is 49.8 Å². The van der Waals surface area contributed by atoms with E-state index >= 15 is 0 Å². The van der Waals surface area contributed by atoms with E-state index in [4.69, 9.17) is 10.9 Å². The molecule has 11 heteroatoms. The van der Waals surface area contributed by atoms with Gasteiger partial charge in [-0.2, -0.15) is 0 Å². The number of nitrogens with zero attached hydrogens (tertiary/aromatic N) is 2. The second-order valence-corrected chi connectivity index (χ2v) is 7.95. The van der Waals surface area contributed by atoms with Crippen LogP contribution in [0.1, 0.15) is 19.8 Å². The van der Waals surface area contributed by atoms with Crippen molar-refractivity contribution in [3.8, 4) is 0 Å². The van der Waals surface area contributed by atoms with Crippen LogP contribution in [0, 0.1) is 16.0 Å². The number of anilines is 1. The topological polar surface area (TPSA) is 162 Å². The molecule has 2 rings (SSSR count). The summed E-state index contributed by atoms with van der Waals surface area (Å²) in [5, 5.41) is 19.0. The van der Waals surface area contributed by atoms with Crippen LogP contribution in [0.25, 0.3) is 0 Å². The molecule has 1 fully saturated rings. The zero-order chi connectivity index (χ0) is 19.5. The lowest BCUT2D eigenvalue weighted by molar-refractivity contribution is -0.384. The van der Waals surface area contributed by atoms with Crippen molar-refractivity contribution < 1.29 is 18.1 Å². The van der Waals surface area contributed by atoms with E-state index < -0.39 is 20.6 Å². The summed E-state index contributed by atoms with van der Waals surface area (Å²) in [5.74, 6) is 0.249. The summed E-state index contributed by atoms with van der Waals surface area (Å²) in [4.78, 5) is 24.2. The largest absolute Gasteiger partial charge is 0.379 e. The molecule has 26 heavy (non-hydrogen) atoms. The maximum Gasteiger partial charge on any atom is 0.293 e. The van der Waals surface area contributed by atoms with Gasteiger partial charge in [-0.1, -0.05) is 0 Å². The van der Waals surface area contributed by atoms with E-state index in [1.807, 2.05) is 6.92 Å². The molecule has 0 radical (unpaired) electrons. The van der Waals surface area contributed by atoms with Gasteiger partial charge in [-0.25, -0.2) is 13.6 Å². The number of likely N-dealkylation sites (tertiary alicyclic amines) is 1. The number of sulfonamides is 1. The zero-order valence-electron chi connectivity index (χ0n) is 14.4. The first kappa shape index (κ1) is 20.1. The molecule has 2 atom stereocenters. The Morgan fingerprint density at radius 1 is 1.46 bits per heavy atom. The van der Waals surface area contributed by atoms with Gasteiger partial charge in [-0.3, -0.25) is 14.9 Å². The Labute approximate surface area is 151 Å². The molecule has 1 amide bonds. The van der Waals surface area contributed by atoms with Gasteiger partial charge in [0, 0.05) is 31.6 Å². The maximum absolute atomic E-state index is 12.3. The molecule has 0 saturated carbocycles. The van der Waals surface area contributed by atoms with E-state index in [0.717, 1.165) is 12.5 Å². The fourth-order valence-electron chi connectivity index (χ4n) is 3.10. The van der Waals surface area contributed by atoms with E-state index in [2.05, 4.69) is 5.32 Å². The fourth-order valence-corrected chi connectivity index (χ4v) is 3.63. The number of primary sulfonamides is 1. The standard InChI is InChI=1S/C15H23N5O5S/c1-10-6-11(8-16)9-19(10)15(21)4-5-18-13-3-2-12(26(17,24)25)7-14(13)20(22)23/h2-3,7,10-11,18H,4-6,8-9,16H2,1H3,(H2,17,24,25). The number of hydrogen-bond acceptors (Lipinski definition) is 7. The average Bonchev–Trinajstić information content (AvgIpc) is 2.95. The van der Waals surface area contributed by atoms with Crippen molar-refractivity contribution in [1.29, 1.82) is 0 Å². The molecule has 1 saturated heterocycles. The Bertz CT molecular complexity index is 798. The van der Waals surface area contributed by atoms with E-state index in [0.29, 0.717) is 19.0 Å². The smallest absolute Gasteiger partial charge is 0.293 e. The average molecular weight is 385 g/mol. The van der Waals surface area contributed by atoms with Crippen molar-refractivity contribution in [2.45, 2.75) is 30.7 Å². The predicted octanol–water partition coefficient (Wildman–Crippen LogP) is 0.240. The Morgan fingerprint density at radius 3 is 2.69 bits per heavy atom. The molecule has 1 aromatic carbocycles. The van der Waals surface area contributed by atoms with Crippen LogP contribution in [0.15, 0.2) is 23.1 Å². The molecule has 0 bridgehead atoms. The monoisotopic (exact) mass is 385 g/mol. The summed E-state index contributed by atoms with van der Waals surface area (Å²) in [6.45, 7) is 3.32. The molecule has 0 aromatic heterocycles. The second kappa shape index (κ2) is 7.98. The van der Waals surface area contributed by atoms with Gasteiger partial charge in [0.05, 0.1) is 9.82 Å². The van der Waals surface area contributed by atoms with Crippen LogP contribution in [0.3, 0.4) is 0 Å². The van der Waals surface area contributed by atoms with Crippen LogP contribution in [-0.2, 0) is 14.8 Å². The quantitative estimate of drug-likeness (QED) is 0.447. The summed E-state index contributed by atoms with van der Waals surface area (Å²) in [7, 11) is -4.04. The highest BCUT2D eigenvalue weighted by Crippen LogP contribution is 2.27. The minimum absolute atomic E-state index is 0.0511. The molecule has 0 aliphatic carbocycles.